The van der Waals surface area contributed by atoms with Crippen molar-refractivity contribution in [3.05, 3.63) is 41.5 Å². The molecule has 10 atom stereocenters. The average Bonchev–Trinajstić information content (AvgIpc) is 3.76. The van der Waals surface area contributed by atoms with Crippen molar-refractivity contribution in [2.75, 3.05) is 7.11 Å². The molecule has 3 fully saturated rings. The Bertz CT molecular complexity index is 1460. The third-order valence-electron chi connectivity index (χ3n) is 10.3. The van der Waals surface area contributed by atoms with E-state index in [1.807, 2.05) is 20.8 Å². The Morgan fingerprint density at radius 3 is 2.00 bits per heavy atom. The van der Waals surface area contributed by atoms with Crippen LogP contribution in [0, 0.1) is 29.1 Å². The molecule has 1 aliphatic heterocycles. The van der Waals surface area contributed by atoms with Crippen molar-refractivity contribution in [3.63, 3.8) is 0 Å². The van der Waals surface area contributed by atoms with Gasteiger partial charge in [0.2, 0.25) is 0 Å². The van der Waals surface area contributed by atoms with Gasteiger partial charge in [0.05, 0.1) is 19.4 Å². The van der Waals surface area contributed by atoms with Crippen LogP contribution in [0.25, 0.3) is 0 Å². The summed E-state index contributed by atoms with van der Waals surface area (Å²) in [7, 11) is 1.55. The Morgan fingerprint density at radius 1 is 0.870 bits per heavy atom. The van der Waals surface area contributed by atoms with Gasteiger partial charge in [0.15, 0.2) is 23.1 Å². The quantitative estimate of drug-likeness (QED) is 0.185. The molecule has 1 aromatic carbocycles. The van der Waals surface area contributed by atoms with Gasteiger partial charge in [-0.15, -0.1) is 0 Å². The summed E-state index contributed by atoms with van der Waals surface area (Å²) in [5.74, 6) is -3.76. The SMILES string of the molecule is COc1ccc(CC(=O)O[C@@H]2/C(C)=C/[C@@]34O[C@@]3(C[C@H](C)[C@@H]4OC(C)=O)C(=O)[C@H](C)[C@H](OC(C)=O)[C@@H]3[C@H]([C@@H]2OC(C)=O)C3(C)C)cc1. The van der Waals surface area contributed by atoms with Crippen LogP contribution in [-0.2, 0) is 54.1 Å². The Kier molecular flexibility index (Phi) is 8.64. The van der Waals surface area contributed by atoms with Crippen LogP contribution in [0.4, 0.5) is 0 Å². The van der Waals surface area contributed by atoms with E-state index >= 15 is 0 Å². The number of ketones is 1. The number of carbonyl (C=O) groups is 5. The third-order valence-corrected chi connectivity index (χ3v) is 10.3. The van der Waals surface area contributed by atoms with Crippen molar-refractivity contribution < 1.29 is 52.4 Å². The Morgan fingerprint density at radius 2 is 1.43 bits per heavy atom. The standard InChI is InChI=1S/C35H44O11/c1-17-15-35-32(44-22(6)38)18(2)16-34(35,46-35)31(40)19(3)29(42-20(4)36)26-27(33(26,7)8)30(43-21(5)37)28(17)45-25(39)14-23-10-12-24(41-9)13-11-23/h10-13,15,18-19,26-30,32H,14,16H2,1-9H3/b17-15+/t18-,19+,26-,27+,28+,29-,30-,32-,34-,35-/m0/s1. The maximum absolute atomic E-state index is 14.5. The molecule has 0 aromatic heterocycles. The van der Waals surface area contributed by atoms with Crippen LogP contribution in [0.2, 0.25) is 0 Å². The van der Waals surface area contributed by atoms with Crippen molar-refractivity contribution in [3.8, 4) is 5.75 Å². The summed E-state index contributed by atoms with van der Waals surface area (Å²) in [6.45, 7) is 13.1. The van der Waals surface area contributed by atoms with E-state index in [0.29, 0.717) is 16.9 Å². The lowest BCUT2D eigenvalue weighted by Gasteiger charge is -2.30. The van der Waals surface area contributed by atoms with Crippen molar-refractivity contribution >= 4 is 29.7 Å². The molecule has 3 aliphatic carbocycles. The number of esters is 4. The van der Waals surface area contributed by atoms with E-state index < -0.39 is 82.7 Å². The van der Waals surface area contributed by atoms with Crippen LogP contribution in [0.3, 0.4) is 0 Å². The van der Waals surface area contributed by atoms with Gasteiger partial charge in [-0.1, -0.05) is 39.8 Å². The molecule has 46 heavy (non-hydrogen) atoms. The zero-order valence-corrected chi connectivity index (χ0v) is 27.9. The number of rotatable bonds is 7. The minimum Gasteiger partial charge on any atom is -0.497 e. The van der Waals surface area contributed by atoms with E-state index in [0.717, 1.165) is 0 Å². The molecule has 0 N–H and O–H groups in total. The zero-order chi connectivity index (χ0) is 33.9. The summed E-state index contributed by atoms with van der Waals surface area (Å²) in [4.78, 5) is 65.3. The highest BCUT2D eigenvalue weighted by Crippen LogP contribution is 2.68. The number of hydrogen-bond acceptors (Lipinski definition) is 11. The summed E-state index contributed by atoms with van der Waals surface area (Å²) < 4.78 is 35.4. The molecule has 11 heteroatoms. The van der Waals surface area contributed by atoms with Crippen LogP contribution in [-0.4, -0.2) is 72.4 Å². The second kappa shape index (κ2) is 11.8. The highest BCUT2D eigenvalue weighted by atomic mass is 16.7. The first-order chi connectivity index (χ1) is 21.5. The lowest BCUT2D eigenvalue weighted by molar-refractivity contribution is -0.167. The zero-order valence-electron chi connectivity index (χ0n) is 27.9. The predicted molar refractivity (Wildman–Crippen MR) is 162 cm³/mol. The minimum atomic E-state index is -1.35. The molecule has 2 saturated carbocycles. The summed E-state index contributed by atoms with van der Waals surface area (Å²) >= 11 is 0. The molecule has 0 unspecified atom stereocenters. The van der Waals surface area contributed by atoms with Crippen molar-refractivity contribution in [1.82, 2.24) is 0 Å². The van der Waals surface area contributed by atoms with Gasteiger partial charge in [-0.2, -0.15) is 0 Å². The minimum absolute atomic E-state index is 0.0671. The Balaban J connectivity index is 1.64. The predicted octanol–water partition coefficient (Wildman–Crippen LogP) is 3.93. The number of ether oxygens (including phenoxy) is 6. The molecular formula is C35H44O11. The number of methoxy groups -OCH3 is 1. The van der Waals surface area contributed by atoms with Crippen molar-refractivity contribution in [2.45, 2.75) is 104 Å². The molecule has 0 amide bonds. The lowest BCUT2D eigenvalue weighted by atomic mass is 9.80. The number of carbonyl (C=O) groups excluding carboxylic acids is 5. The average molecular weight is 641 g/mol. The lowest BCUT2D eigenvalue weighted by Crippen LogP contribution is -2.43. The van der Waals surface area contributed by atoms with Crippen LogP contribution in [0.15, 0.2) is 35.9 Å². The smallest absolute Gasteiger partial charge is 0.310 e. The maximum Gasteiger partial charge on any atom is 0.310 e. The van der Waals surface area contributed by atoms with Crippen LogP contribution in [0.1, 0.15) is 67.4 Å². The van der Waals surface area contributed by atoms with Crippen LogP contribution >= 0.6 is 0 Å². The molecule has 4 aliphatic rings. The molecule has 0 bridgehead atoms. The molecule has 0 radical (unpaired) electrons. The van der Waals surface area contributed by atoms with E-state index in [1.165, 1.54) is 20.8 Å². The van der Waals surface area contributed by atoms with Gasteiger partial charge < -0.3 is 28.4 Å². The van der Waals surface area contributed by atoms with E-state index in [9.17, 15) is 24.0 Å². The van der Waals surface area contributed by atoms with Gasteiger partial charge >= 0.3 is 23.9 Å². The summed E-state index contributed by atoms with van der Waals surface area (Å²) in [5, 5.41) is 0. The molecule has 11 nitrogen and oxygen atoms in total. The van der Waals surface area contributed by atoms with Gasteiger partial charge in [-0.3, -0.25) is 24.0 Å². The molecule has 1 saturated heterocycles. The number of Topliss-reactive ketones (excluding diaryl/α,β-unsaturated/α-hetero) is 1. The van der Waals surface area contributed by atoms with E-state index in [4.69, 9.17) is 28.4 Å². The summed E-state index contributed by atoms with van der Waals surface area (Å²) in [6, 6.07) is 7.00. The molecule has 0 spiro atoms. The van der Waals surface area contributed by atoms with Crippen molar-refractivity contribution in [1.29, 1.82) is 0 Å². The second-order valence-corrected chi connectivity index (χ2v) is 13.9. The van der Waals surface area contributed by atoms with Crippen LogP contribution in [0.5, 0.6) is 5.75 Å². The normalized spacial score (nSPS) is 38.3. The summed E-state index contributed by atoms with van der Waals surface area (Å²) in [6.07, 6.45) is -1.83. The topological polar surface area (TPSA) is 144 Å². The van der Waals surface area contributed by atoms with E-state index in [-0.39, 0.29) is 24.5 Å². The number of hydrogen-bond donors (Lipinski definition) is 0. The van der Waals surface area contributed by atoms with Crippen LogP contribution < -0.4 is 4.74 Å². The van der Waals surface area contributed by atoms with E-state index in [2.05, 4.69) is 0 Å². The van der Waals surface area contributed by atoms with Gasteiger partial charge in [-0.25, -0.2) is 0 Å². The fourth-order valence-electron chi connectivity index (χ4n) is 8.31. The molecular weight excluding hydrogens is 596 g/mol. The number of epoxide rings is 1. The fraction of sp³-hybridized carbons (Fsp3) is 0.629. The Hall–Kier alpha value is -3.73. The van der Waals surface area contributed by atoms with Gasteiger partial charge in [0, 0.05) is 32.6 Å². The summed E-state index contributed by atoms with van der Waals surface area (Å²) in [5.41, 5.74) is -2.10. The molecule has 250 valence electrons. The first-order valence-electron chi connectivity index (χ1n) is 15.8. The number of fused-ring (bicyclic) bond motifs is 1. The Labute approximate surface area is 269 Å². The third kappa shape index (κ3) is 5.60. The second-order valence-electron chi connectivity index (χ2n) is 13.9. The highest BCUT2D eigenvalue weighted by molar-refractivity contribution is 5.96. The van der Waals surface area contributed by atoms with Gasteiger partial charge in [0.25, 0.3) is 0 Å². The molecule has 1 heterocycles. The van der Waals surface area contributed by atoms with Crippen molar-refractivity contribution in [2.24, 2.45) is 29.1 Å². The first kappa shape index (κ1) is 33.6. The molecule has 1 aromatic rings. The van der Waals surface area contributed by atoms with Gasteiger partial charge in [0.1, 0.15) is 24.1 Å². The number of benzene rings is 1. The largest absolute Gasteiger partial charge is 0.497 e. The fourth-order valence-corrected chi connectivity index (χ4v) is 8.31. The maximum atomic E-state index is 14.5. The molecule has 5 rings (SSSR count). The van der Waals surface area contributed by atoms with Gasteiger partial charge in [-0.05, 0) is 54.0 Å². The monoisotopic (exact) mass is 640 g/mol. The first-order valence-corrected chi connectivity index (χ1v) is 15.8. The van der Waals surface area contributed by atoms with E-state index in [1.54, 1.807) is 51.3 Å². The highest BCUT2D eigenvalue weighted by Gasteiger charge is 2.84.